The van der Waals surface area contributed by atoms with Crippen LogP contribution in [0, 0.1) is 11.7 Å². The van der Waals surface area contributed by atoms with E-state index in [0.717, 1.165) is 54.6 Å². The molecule has 3 aromatic rings. The van der Waals surface area contributed by atoms with E-state index >= 15 is 0 Å². The molecule has 1 aromatic heterocycles. The summed E-state index contributed by atoms with van der Waals surface area (Å²) in [6, 6.07) is 17.9. The van der Waals surface area contributed by atoms with Gasteiger partial charge < -0.3 is 14.7 Å². The second-order valence-electron chi connectivity index (χ2n) is 8.86. The van der Waals surface area contributed by atoms with Crippen LogP contribution in [0.5, 0.6) is 0 Å². The Morgan fingerprint density at radius 1 is 0.912 bits per heavy atom. The topological polar surface area (TPSA) is 52.6 Å². The highest BCUT2D eigenvalue weighted by atomic mass is 35.5. The van der Waals surface area contributed by atoms with E-state index in [-0.39, 0.29) is 17.6 Å². The van der Waals surface area contributed by atoms with Crippen molar-refractivity contribution in [2.75, 3.05) is 49.1 Å². The number of hydrogen-bond acceptors (Lipinski definition) is 5. The zero-order valence-corrected chi connectivity index (χ0v) is 19.7. The molecule has 0 spiro atoms. The minimum atomic E-state index is -0.275. The quantitative estimate of drug-likeness (QED) is 0.551. The molecule has 5 rings (SSSR count). The third-order valence-electron chi connectivity index (χ3n) is 6.65. The number of halogens is 2. The van der Waals surface area contributed by atoms with Crippen LogP contribution in [0.15, 0.2) is 60.7 Å². The zero-order valence-electron chi connectivity index (χ0n) is 18.9. The minimum absolute atomic E-state index is 0.0370. The SMILES string of the molecule is O=C(C1CCCN(c2ccc(-c3ccc(F)cc3)nn2)C1)N1CCN(c2cccc(Cl)c2)CC1. The summed E-state index contributed by atoms with van der Waals surface area (Å²) in [4.78, 5) is 19.7. The molecule has 3 heterocycles. The molecule has 1 unspecified atom stereocenters. The summed E-state index contributed by atoms with van der Waals surface area (Å²) in [7, 11) is 0. The molecule has 2 aliphatic heterocycles. The molecule has 2 fully saturated rings. The van der Waals surface area contributed by atoms with Crippen LogP contribution in [-0.4, -0.2) is 60.3 Å². The van der Waals surface area contributed by atoms with Crippen molar-refractivity contribution in [2.24, 2.45) is 5.92 Å². The van der Waals surface area contributed by atoms with Crippen LogP contribution in [0.25, 0.3) is 11.3 Å². The number of piperidine rings is 1. The number of aromatic nitrogens is 2. The number of rotatable bonds is 4. The van der Waals surface area contributed by atoms with Gasteiger partial charge in [0.2, 0.25) is 5.91 Å². The van der Waals surface area contributed by atoms with E-state index in [2.05, 4.69) is 26.1 Å². The number of hydrogen-bond donors (Lipinski definition) is 0. The highest BCUT2D eigenvalue weighted by Crippen LogP contribution is 2.26. The molecule has 8 heteroatoms. The van der Waals surface area contributed by atoms with Crippen LogP contribution >= 0.6 is 11.6 Å². The molecule has 1 amide bonds. The van der Waals surface area contributed by atoms with Gasteiger partial charge in [0.25, 0.3) is 0 Å². The molecule has 176 valence electrons. The van der Waals surface area contributed by atoms with Gasteiger partial charge in [0.1, 0.15) is 5.82 Å². The molecule has 34 heavy (non-hydrogen) atoms. The number of carbonyl (C=O) groups is 1. The zero-order chi connectivity index (χ0) is 23.5. The van der Waals surface area contributed by atoms with E-state index < -0.39 is 0 Å². The predicted octanol–water partition coefficient (Wildman–Crippen LogP) is 4.50. The molecule has 1 atom stereocenters. The molecule has 0 bridgehead atoms. The van der Waals surface area contributed by atoms with Crippen molar-refractivity contribution in [3.8, 4) is 11.3 Å². The third-order valence-corrected chi connectivity index (χ3v) is 6.88. The maximum absolute atomic E-state index is 13.3. The Balaban J connectivity index is 1.19. The summed E-state index contributed by atoms with van der Waals surface area (Å²) in [5, 5.41) is 9.46. The van der Waals surface area contributed by atoms with Gasteiger partial charge in [-0.25, -0.2) is 4.39 Å². The average Bonchev–Trinajstić information content (AvgIpc) is 2.89. The monoisotopic (exact) mass is 479 g/mol. The van der Waals surface area contributed by atoms with Gasteiger partial charge in [-0.2, -0.15) is 0 Å². The summed E-state index contributed by atoms with van der Waals surface area (Å²) in [5.41, 5.74) is 2.63. The number of anilines is 2. The fraction of sp³-hybridized carbons (Fsp3) is 0.346. The van der Waals surface area contributed by atoms with Gasteiger partial charge in [0.05, 0.1) is 11.6 Å². The molecular weight excluding hydrogens is 453 g/mol. The lowest BCUT2D eigenvalue weighted by atomic mass is 9.96. The Bertz CT molecular complexity index is 1130. The van der Waals surface area contributed by atoms with Crippen molar-refractivity contribution < 1.29 is 9.18 Å². The van der Waals surface area contributed by atoms with Gasteiger partial charge in [0.15, 0.2) is 5.82 Å². The minimum Gasteiger partial charge on any atom is -0.368 e. The molecule has 0 N–H and O–H groups in total. The van der Waals surface area contributed by atoms with Crippen molar-refractivity contribution in [1.82, 2.24) is 15.1 Å². The first kappa shape index (κ1) is 22.6. The van der Waals surface area contributed by atoms with E-state index in [1.807, 2.05) is 35.2 Å². The van der Waals surface area contributed by atoms with Crippen molar-refractivity contribution in [3.05, 3.63) is 71.5 Å². The Morgan fingerprint density at radius 2 is 1.71 bits per heavy atom. The first-order chi connectivity index (χ1) is 16.6. The number of benzene rings is 2. The van der Waals surface area contributed by atoms with Crippen LogP contribution in [-0.2, 0) is 4.79 Å². The van der Waals surface area contributed by atoms with Crippen molar-refractivity contribution in [2.45, 2.75) is 12.8 Å². The largest absolute Gasteiger partial charge is 0.368 e. The van der Waals surface area contributed by atoms with Crippen LogP contribution < -0.4 is 9.80 Å². The Labute approximate surface area is 204 Å². The molecule has 0 radical (unpaired) electrons. The van der Waals surface area contributed by atoms with E-state index in [9.17, 15) is 9.18 Å². The molecular formula is C26H27ClFN5O. The number of amides is 1. The van der Waals surface area contributed by atoms with Crippen LogP contribution in [0.2, 0.25) is 5.02 Å². The highest BCUT2D eigenvalue weighted by molar-refractivity contribution is 6.30. The summed E-state index contributed by atoms with van der Waals surface area (Å²) < 4.78 is 13.2. The van der Waals surface area contributed by atoms with Gasteiger partial charge in [0, 0.05) is 55.5 Å². The van der Waals surface area contributed by atoms with Crippen LogP contribution in [0.3, 0.4) is 0 Å². The van der Waals surface area contributed by atoms with Crippen LogP contribution in [0.1, 0.15) is 12.8 Å². The van der Waals surface area contributed by atoms with Crippen molar-refractivity contribution in [1.29, 1.82) is 0 Å². The molecule has 2 saturated heterocycles. The molecule has 6 nitrogen and oxygen atoms in total. The summed E-state index contributed by atoms with van der Waals surface area (Å²) in [6.45, 7) is 4.55. The van der Waals surface area contributed by atoms with E-state index in [4.69, 9.17) is 11.6 Å². The van der Waals surface area contributed by atoms with Crippen molar-refractivity contribution >= 4 is 29.0 Å². The van der Waals surface area contributed by atoms with Gasteiger partial charge in [-0.3, -0.25) is 4.79 Å². The number of nitrogens with zero attached hydrogens (tertiary/aromatic N) is 5. The first-order valence-corrected chi connectivity index (χ1v) is 12.1. The molecule has 2 aromatic carbocycles. The Hall–Kier alpha value is -3.19. The van der Waals surface area contributed by atoms with E-state index in [1.54, 1.807) is 12.1 Å². The maximum atomic E-state index is 13.3. The molecule has 0 saturated carbocycles. The van der Waals surface area contributed by atoms with Gasteiger partial charge in [-0.15, -0.1) is 10.2 Å². The smallest absolute Gasteiger partial charge is 0.227 e. The van der Waals surface area contributed by atoms with Gasteiger partial charge in [-0.1, -0.05) is 17.7 Å². The standard InChI is InChI=1S/C26H27ClFN5O/c27-21-4-1-5-23(17-21)31-13-15-32(16-14-31)26(34)20-3-2-12-33(18-20)25-11-10-24(29-30-25)19-6-8-22(28)9-7-19/h1,4-11,17,20H,2-3,12-16,18H2. The van der Waals surface area contributed by atoms with E-state index in [0.29, 0.717) is 25.3 Å². The predicted molar refractivity (Wildman–Crippen MR) is 133 cm³/mol. The summed E-state index contributed by atoms with van der Waals surface area (Å²) in [5.74, 6) is 0.689. The summed E-state index contributed by atoms with van der Waals surface area (Å²) in [6.07, 6.45) is 1.84. The highest BCUT2D eigenvalue weighted by Gasteiger charge is 2.31. The molecule has 2 aliphatic rings. The Morgan fingerprint density at radius 3 is 2.41 bits per heavy atom. The fourth-order valence-electron chi connectivity index (χ4n) is 4.77. The fourth-order valence-corrected chi connectivity index (χ4v) is 4.96. The lowest BCUT2D eigenvalue weighted by Gasteiger charge is -2.40. The van der Waals surface area contributed by atoms with E-state index in [1.165, 1.54) is 12.1 Å². The number of piperazine rings is 1. The number of carbonyl (C=O) groups excluding carboxylic acids is 1. The Kier molecular flexibility index (Phi) is 6.63. The third kappa shape index (κ3) is 4.99. The van der Waals surface area contributed by atoms with Crippen LogP contribution in [0.4, 0.5) is 15.9 Å². The lowest BCUT2D eigenvalue weighted by molar-refractivity contribution is -0.136. The van der Waals surface area contributed by atoms with Gasteiger partial charge in [-0.05, 0) is 67.4 Å². The second-order valence-corrected chi connectivity index (χ2v) is 9.30. The molecule has 0 aliphatic carbocycles. The first-order valence-electron chi connectivity index (χ1n) is 11.7. The summed E-state index contributed by atoms with van der Waals surface area (Å²) >= 11 is 6.14. The average molecular weight is 480 g/mol. The normalized spacial score (nSPS) is 18.8. The van der Waals surface area contributed by atoms with Gasteiger partial charge >= 0.3 is 0 Å². The maximum Gasteiger partial charge on any atom is 0.227 e. The second kappa shape index (κ2) is 9.97. The van der Waals surface area contributed by atoms with Crippen molar-refractivity contribution in [3.63, 3.8) is 0 Å². The lowest BCUT2D eigenvalue weighted by Crippen LogP contribution is -2.52.